The van der Waals surface area contributed by atoms with Gasteiger partial charge in [-0.25, -0.2) is 9.78 Å². The molecule has 0 aliphatic rings. The Morgan fingerprint density at radius 3 is 2.42 bits per heavy atom. The maximum absolute atomic E-state index is 12.1. The number of benzene rings is 2. The van der Waals surface area contributed by atoms with Crippen molar-refractivity contribution < 1.29 is 9.90 Å². The molecular formula is C20H22ClN3O2. The van der Waals surface area contributed by atoms with Crippen LogP contribution in [0.15, 0.2) is 48.5 Å². The first-order valence-electron chi connectivity index (χ1n) is 8.47. The van der Waals surface area contributed by atoms with E-state index in [1.807, 2.05) is 69.3 Å². The minimum absolute atomic E-state index is 0.443. The number of para-hydroxylation sites is 2. The van der Waals surface area contributed by atoms with E-state index in [2.05, 4.69) is 9.97 Å². The molecule has 1 amide bonds. The number of fused-ring (bicyclic) bond motifs is 1. The number of aromatic amines is 1. The summed E-state index contributed by atoms with van der Waals surface area (Å²) in [5.41, 5.74) is 2.13. The van der Waals surface area contributed by atoms with Crippen molar-refractivity contribution in [2.24, 2.45) is 0 Å². The first-order chi connectivity index (χ1) is 12.3. The van der Waals surface area contributed by atoms with Gasteiger partial charge in [0.1, 0.15) is 5.82 Å². The van der Waals surface area contributed by atoms with Gasteiger partial charge in [0, 0.05) is 17.0 Å². The van der Waals surface area contributed by atoms with Gasteiger partial charge >= 0.3 is 6.09 Å². The molecule has 0 saturated heterocycles. The number of aromatic nitrogens is 2. The topological polar surface area (TPSA) is 69.2 Å². The van der Waals surface area contributed by atoms with E-state index in [0.717, 1.165) is 16.6 Å². The molecule has 2 N–H and O–H groups in total. The van der Waals surface area contributed by atoms with Crippen LogP contribution in [-0.4, -0.2) is 31.6 Å². The fraction of sp³-hybridized carbons (Fsp3) is 0.300. The Labute approximate surface area is 157 Å². The molecule has 3 aromatic rings. The molecule has 0 spiro atoms. The molecule has 1 aromatic heterocycles. The highest BCUT2D eigenvalue weighted by atomic mass is 35.5. The summed E-state index contributed by atoms with van der Waals surface area (Å²) in [5.74, 6) is 0.637. The number of halogens is 1. The predicted molar refractivity (Wildman–Crippen MR) is 104 cm³/mol. The van der Waals surface area contributed by atoms with Crippen LogP contribution in [0.25, 0.3) is 11.0 Å². The average molecular weight is 372 g/mol. The van der Waals surface area contributed by atoms with Crippen LogP contribution in [-0.2, 0) is 6.42 Å². The molecule has 1 atom stereocenters. The number of rotatable bonds is 4. The monoisotopic (exact) mass is 371 g/mol. The first-order valence-corrected chi connectivity index (χ1v) is 8.85. The van der Waals surface area contributed by atoms with E-state index >= 15 is 0 Å². The number of hydrogen-bond acceptors (Lipinski definition) is 2. The Morgan fingerprint density at radius 2 is 1.85 bits per heavy atom. The zero-order valence-electron chi connectivity index (χ0n) is 15.0. The zero-order chi connectivity index (χ0) is 18.9. The lowest BCUT2D eigenvalue weighted by molar-refractivity contribution is 0.0671. The van der Waals surface area contributed by atoms with Crippen LogP contribution < -0.4 is 0 Å². The van der Waals surface area contributed by atoms with E-state index in [9.17, 15) is 9.90 Å². The van der Waals surface area contributed by atoms with E-state index in [4.69, 9.17) is 11.6 Å². The van der Waals surface area contributed by atoms with Crippen molar-refractivity contribution in [2.45, 2.75) is 38.8 Å². The maximum Gasteiger partial charge on any atom is 0.408 e. The van der Waals surface area contributed by atoms with E-state index in [1.54, 1.807) is 0 Å². The maximum atomic E-state index is 12.1. The SMILES string of the molecule is CC(C)(C)N(C(=O)O)C(Cc1ccc(Cl)cc1)c1nc2ccccc2[nH]1. The first kappa shape index (κ1) is 18.3. The molecule has 0 bridgehead atoms. The molecule has 1 unspecified atom stereocenters. The van der Waals surface area contributed by atoms with Gasteiger partial charge in [0.15, 0.2) is 0 Å². The third-order valence-corrected chi connectivity index (χ3v) is 4.56. The highest BCUT2D eigenvalue weighted by Crippen LogP contribution is 2.31. The molecule has 3 rings (SSSR count). The number of imidazole rings is 1. The second-order valence-corrected chi connectivity index (χ2v) is 7.75. The van der Waals surface area contributed by atoms with Crippen molar-refractivity contribution >= 4 is 28.7 Å². The lowest BCUT2D eigenvalue weighted by Crippen LogP contribution is -2.48. The molecule has 0 saturated carbocycles. The summed E-state index contributed by atoms with van der Waals surface area (Å²) in [5, 5.41) is 10.6. The normalized spacial score (nSPS) is 12.9. The Kier molecular flexibility index (Phi) is 4.92. The Hall–Kier alpha value is -2.53. The minimum atomic E-state index is -0.975. The van der Waals surface area contributed by atoms with Crippen LogP contribution in [0.3, 0.4) is 0 Å². The summed E-state index contributed by atoms with van der Waals surface area (Å²) in [6.07, 6.45) is -0.475. The lowest BCUT2D eigenvalue weighted by Gasteiger charge is -2.38. The van der Waals surface area contributed by atoms with Crippen molar-refractivity contribution in [3.8, 4) is 0 Å². The highest BCUT2D eigenvalue weighted by Gasteiger charge is 2.36. The van der Waals surface area contributed by atoms with Crippen molar-refractivity contribution in [2.75, 3.05) is 0 Å². The van der Waals surface area contributed by atoms with Crippen molar-refractivity contribution in [3.63, 3.8) is 0 Å². The Bertz CT molecular complexity index is 880. The van der Waals surface area contributed by atoms with Crippen LogP contribution in [0.2, 0.25) is 5.02 Å². The lowest BCUT2D eigenvalue weighted by atomic mass is 9.98. The van der Waals surface area contributed by atoms with E-state index in [1.165, 1.54) is 4.90 Å². The van der Waals surface area contributed by atoms with Gasteiger partial charge in [-0.05, 0) is 50.6 Å². The average Bonchev–Trinajstić information content (AvgIpc) is 2.98. The molecule has 136 valence electrons. The van der Waals surface area contributed by atoms with Gasteiger partial charge in [-0.15, -0.1) is 0 Å². The predicted octanol–water partition coefficient (Wildman–Crippen LogP) is 5.28. The summed E-state index contributed by atoms with van der Waals surface area (Å²) in [6, 6.07) is 14.7. The largest absolute Gasteiger partial charge is 0.465 e. The van der Waals surface area contributed by atoms with Crippen LogP contribution in [0.4, 0.5) is 4.79 Å². The van der Waals surface area contributed by atoms with E-state index in [0.29, 0.717) is 17.3 Å². The van der Waals surface area contributed by atoms with E-state index < -0.39 is 17.7 Å². The van der Waals surface area contributed by atoms with Gasteiger partial charge < -0.3 is 10.1 Å². The van der Waals surface area contributed by atoms with Gasteiger partial charge in [-0.2, -0.15) is 0 Å². The zero-order valence-corrected chi connectivity index (χ0v) is 15.8. The Morgan fingerprint density at radius 1 is 1.19 bits per heavy atom. The standard InChI is InChI=1S/C20H22ClN3O2/c1-20(2,3)24(19(25)26)17(12-13-8-10-14(21)11-9-13)18-22-15-6-4-5-7-16(15)23-18/h4-11,17H,12H2,1-3H3,(H,22,23)(H,25,26). The molecular weight excluding hydrogens is 350 g/mol. The number of carbonyl (C=O) groups is 1. The van der Waals surface area contributed by atoms with Gasteiger partial charge in [0.05, 0.1) is 17.1 Å². The van der Waals surface area contributed by atoms with Crippen LogP contribution >= 0.6 is 11.6 Å². The fourth-order valence-corrected chi connectivity index (χ4v) is 3.30. The highest BCUT2D eigenvalue weighted by molar-refractivity contribution is 6.30. The molecule has 0 aliphatic heterocycles. The molecule has 5 nitrogen and oxygen atoms in total. The van der Waals surface area contributed by atoms with Crippen molar-refractivity contribution in [3.05, 3.63) is 64.9 Å². The summed E-state index contributed by atoms with van der Waals surface area (Å²) in [7, 11) is 0. The van der Waals surface area contributed by atoms with Crippen LogP contribution in [0.1, 0.15) is 38.2 Å². The summed E-state index contributed by atoms with van der Waals surface area (Å²) < 4.78 is 0. The number of nitrogens with one attached hydrogen (secondary N) is 1. The van der Waals surface area contributed by atoms with E-state index in [-0.39, 0.29) is 0 Å². The molecule has 0 radical (unpaired) electrons. The van der Waals surface area contributed by atoms with Crippen LogP contribution in [0, 0.1) is 0 Å². The molecule has 2 aromatic carbocycles. The molecule has 0 aliphatic carbocycles. The second kappa shape index (κ2) is 7.00. The fourth-order valence-electron chi connectivity index (χ4n) is 3.17. The Balaban J connectivity index is 2.07. The van der Waals surface area contributed by atoms with Crippen molar-refractivity contribution in [1.29, 1.82) is 0 Å². The van der Waals surface area contributed by atoms with Gasteiger partial charge in [-0.3, -0.25) is 4.90 Å². The van der Waals surface area contributed by atoms with Gasteiger partial charge in [-0.1, -0.05) is 35.9 Å². The summed E-state index contributed by atoms with van der Waals surface area (Å²) in [4.78, 5) is 21.5. The molecule has 26 heavy (non-hydrogen) atoms. The number of H-pyrrole nitrogens is 1. The number of nitrogens with zero attached hydrogens (tertiary/aromatic N) is 2. The second-order valence-electron chi connectivity index (χ2n) is 7.31. The molecule has 0 fully saturated rings. The van der Waals surface area contributed by atoms with Crippen LogP contribution in [0.5, 0.6) is 0 Å². The smallest absolute Gasteiger partial charge is 0.408 e. The number of hydrogen-bond donors (Lipinski definition) is 2. The van der Waals surface area contributed by atoms with Gasteiger partial charge in [0.25, 0.3) is 0 Å². The molecule has 6 heteroatoms. The number of carboxylic acid groups (broad SMARTS) is 1. The van der Waals surface area contributed by atoms with Gasteiger partial charge in [0.2, 0.25) is 0 Å². The third kappa shape index (κ3) is 3.83. The van der Waals surface area contributed by atoms with Crippen molar-refractivity contribution in [1.82, 2.24) is 14.9 Å². The summed E-state index contributed by atoms with van der Waals surface area (Å²) >= 11 is 5.98. The minimum Gasteiger partial charge on any atom is -0.465 e. The quantitative estimate of drug-likeness (QED) is 0.655. The number of amides is 1. The third-order valence-electron chi connectivity index (χ3n) is 4.31. The summed E-state index contributed by atoms with van der Waals surface area (Å²) in [6.45, 7) is 5.66. The molecule has 1 heterocycles.